The molecule has 0 bridgehead atoms. The molecule has 0 amide bonds. The Labute approximate surface area is 101 Å². The van der Waals surface area contributed by atoms with E-state index in [0.29, 0.717) is 18.5 Å². The van der Waals surface area contributed by atoms with E-state index in [1.54, 1.807) is 24.3 Å². The minimum atomic E-state index is -0.936. The summed E-state index contributed by atoms with van der Waals surface area (Å²) in [5.74, 6) is -0.936. The van der Waals surface area contributed by atoms with Gasteiger partial charge < -0.3 is 16.6 Å². The van der Waals surface area contributed by atoms with Crippen molar-refractivity contribution in [1.82, 2.24) is 0 Å². The summed E-state index contributed by atoms with van der Waals surface area (Å²) in [7, 11) is 0. The number of carboxylic acid groups (broad SMARTS) is 1. The van der Waals surface area contributed by atoms with Crippen LogP contribution in [0.25, 0.3) is 0 Å². The second-order valence-corrected chi connectivity index (χ2v) is 3.43. The van der Waals surface area contributed by atoms with Crippen molar-refractivity contribution in [1.29, 1.82) is 0 Å². The van der Waals surface area contributed by atoms with Crippen molar-refractivity contribution < 1.29 is 9.90 Å². The van der Waals surface area contributed by atoms with Crippen molar-refractivity contribution in [2.24, 2.45) is 11.5 Å². The van der Waals surface area contributed by atoms with Gasteiger partial charge in [0.1, 0.15) is 0 Å². The molecule has 0 unspecified atom stereocenters. The molecule has 0 aliphatic carbocycles. The van der Waals surface area contributed by atoms with E-state index in [2.05, 4.69) is 0 Å². The monoisotopic (exact) mass is 244 g/mol. The molecular weight excluding hydrogens is 228 g/mol. The van der Waals surface area contributed by atoms with Gasteiger partial charge in [0.2, 0.25) is 0 Å². The molecule has 1 aromatic rings. The van der Waals surface area contributed by atoms with Crippen molar-refractivity contribution in [3.63, 3.8) is 0 Å². The third-order valence-corrected chi connectivity index (χ3v) is 2.31. The number of halogens is 1. The number of nitrogens with two attached hydrogens (primary N) is 2. The summed E-state index contributed by atoms with van der Waals surface area (Å²) in [6.07, 6.45) is 1.51. The predicted octanol–water partition coefficient (Wildman–Crippen LogP) is 1.55. The lowest BCUT2D eigenvalue weighted by atomic mass is 9.97. The number of hydrogen-bond donors (Lipinski definition) is 3. The van der Waals surface area contributed by atoms with Crippen LogP contribution in [0.2, 0.25) is 0 Å². The van der Waals surface area contributed by atoms with E-state index in [1.807, 2.05) is 0 Å². The molecule has 4 nitrogen and oxygen atoms in total. The number of hydrogen-bond acceptors (Lipinski definition) is 3. The maximum absolute atomic E-state index is 10.9. The molecule has 0 saturated carbocycles. The van der Waals surface area contributed by atoms with Gasteiger partial charge in [-0.1, -0.05) is 18.2 Å². The Hall–Kier alpha value is -1.10. The molecule has 5 N–H and O–H groups in total. The Balaban J connectivity index is 0.00000225. The van der Waals surface area contributed by atoms with Crippen molar-refractivity contribution >= 4 is 18.4 Å². The first-order chi connectivity index (χ1) is 7.16. The summed E-state index contributed by atoms with van der Waals surface area (Å²) in [5.41, 5.74) is 12.2. The van der Waals surface area contributed by atoms with Crippen LogP contribution in [0, 0.1) is 0 Å². The van der Waals surface area contributed by atoms with Crippen LogP contribution in [0.15, 0.2) is 24.3 Å². The van der Waals surface area contributed by atoms with Gasteiger partial charge in [0.15, 0.2) is 0 Å². The van der Waals surface area contributed by atoms with Crippen LogP contribution < -0.4 is 11.5 Å². The molecule has 0 spiro atoms. The van der Waals surface area contributed by atoms with Gasteiger partial charge in [0, 0.05) is 6.04 Å². The first-order valence-electron chi connectivity index (χ1n) is 4.94. The quantitative estimate of drug-likeness (QED) is 0.733. The van der Waals surface area contributed by atoms with Gasteiger partial charge in [0.05, 0.1) is 5.56 Å². The van der Waals surface area contributed by atoms with E-state index < -0.39 is 5.97 Å². The second kappa shape index (κ2) is 7.22. The van der Waals surface area contributed by atoms with E-state index in [1.165, 1.54) is 0 Å². The van der Waals surface area contributed by atoms with Crippen LogP contribution in [0.5, 0.6) is 0 Å². The lowest BCUT2D eigenvalue weighted by Crippen LogP contribution is -2.16. The van der Waals surface area contributed by atoms with E-state index in [4.69, 9.17) is 16.6 Å². The summed E-state index contributed by atoms with van der Waals surface area (Å²) in [6.45, 7) is 0.572. The van der Waals surface area contributed by atoms with Crippen molar-refractivity contribution in [3.05, 3.63) is 35.4 Å². The smallest absolute Gasteiger partial charge is 0.336 e. The Morgan fingerprint density at radius 1 is 1.38 bits per heavy atom. The second-order valence-electron chi connectivity index (χ2n) is 3.43. The van der Waals surface area contributed by atoms with Crippen LogP contribution in [0.3, 0.4) is 0 Å². The summed E-state index contributed by atoms with van der Waals surface area (Å²) in [5, 5.41) is 8.96. The number of carbonyl (C=O) groups is 1. The van der Waals surface area contributed by atoms with Crippen LogP contribution in [0.1, 0.15) is 34.8 Å². The molecule has 0 fully saturated rings. The van der Waals surface area contributed by atoms with E-state index in [0.717, 1.165) is 6.42 Å². The lowest BCUT2D eigenvalue weighted by molar-refractivity contribution is 0.0695. The number of carboxylic acids is 1. The molecule has 0 aromatic heterocycles. The third-order valence-electron chi connectivity index (χ3n) is 2.31. The van der Waals surface area contributed by atoms with Crippen LogP contribution in [-0.4, -0.2) is 17.6 Å². The molecular formula is C11H17ClN2O2. The fraction of sp³-hybridized carbons (Fsp3) is 0.364. The molecule has 90 valence electrons. The fourth-order valence-corrected chi connectivity index (χ4v) is 1.51. The van der Waals surface area contributed by atoms with Crippen molar-refractivity contribution in [2.75, 3.05) is 6.54 Å². The first kappa shape index (κ1) is 14.9. The molecule has 0 aliphatic heterocycles. The highest BCUT2D eigenvalue weighted by atomic mass is 35.5. The zero-order valence-electron chi connectivity index (χ0n) is 8.93. The SMILES string of the molecule is Cl.NCCC[C@@H](N)c1ccccc1C(=O)O. The van der Waals surface area contributed by atoms with E-state index >= 15 is 0 Å². The highest BCUT2D eigenvalue weighted by molar-refractivity contribution is 5.89. The zero-order chi connectivity index (χ0) is 11.3. The first-order valence-corrected chi connectivity index (χ1v) is 4.94. The van der Waals surface area contributed by atoms with Crippen molar-refractivity contribution in [3.8, 4) is 0 Å². The van der Waals surface area contributed by atoms with Crippen LogP contribution >= 0.6 is 12.4 Å². The molecule has 1 aromatic carbocycles. The molecule has 0 heterocycles. The number of benzene rings is 1. The van der Waals surface area contributed by atoms with E-state index in [9.17, 15) is 4.79 Å². The summed E-state index contributed by atoms with van der Waals surface area (Å²) in [6, 6.07) is 6.57. The lowest BCUT2D eigenvalue weighted by Gasteiger charge is -2.13. The molecule has 16 heavy (non-hydrogen) atoms. The Kier molecular flexibility index (Phi) is 6.72. The maximum atomic E-state index is 10.9. The summed E-state index contributed by atoms with van der Waals surface area (Å²) < 4.78 is 0. The van der Waals surface area contributed by atoms with Gasteiger partial charge in [-0.05, 0) is 31.0 Å². The minimum Gasteiger partial charge on any atom is -0.478 e. The van der Waals surface area contributed by atoms with E-state index in [-0.39, 0.29) is 24.0 Å². The highest BCUT2D eigenvalue weighted by Crippen LogP contribution is 2.19. The Bertz CT molecular complexity index is 345. The van der Waals surface area contributed by atoms with Gasteiger partial charge in [-0.2, -0.15) is 0 Å². The highest BCUT2D eigenvalue weighted by Gasteiger charge is 2.14. The number of aromatic carboxylic acids is 1. The normalized spacial score (nSPS) is 11.6. The molecule has 0 saturated heterocycles. The molecule has 1 atom stereocenters. The van der Waals surface area contributed by atoms with Gasteiger partial charge in [-0.3, -0.25) is 0 Å². The number of rotatable bonds is 5. The average Bonchev–Trinajstić information content (AvgIpc) is 2.25. The Morgan fingerprint density at radius 2 is 2.00 bits per heavy atom. The third kappa shape index (κ3) is 3.81. The minimum absolute atomic E-state index is 0. The van der Waals surface area contributed by atoms with Crippen LogP contribution in [-0.2, 0) is 0 Å². The molecule has 0 radical (unpaired) electrons. The summed E-state index contributed by atoms with van der Waals surface area (Å²) >= 11 is 0. The average molecular weight is 245 g/mol. The largest absolute Gasteiger partial charge is 0.478 e. The predicted molar refractivity (Wildman–Crippen MR) is 65.9 cm³/mol. The van der Waals surface area contributed by atoms with Gasteiger partial charge in [-0.15, -0.1) is 12.4 Å². The van der Waals surface area contributed by atoms with Gasteiger partial charge in [0.25, 0.3) is 0 Å². The zero-order valence-corrected chi connectivity index (χ0v) is 9.74. The van der Waals surface area contributed by atoms with Gasteiger partial charge in [-0.25, -0.2) is 4.79 Å². The molecule has 0 aliphatic rings. The topological polar surface area (TPSA) is 89.3 Å². The molecule has 5 heteroatoms. The van der Waals surface area contributed by atoms with Crippen LogP contribution in [0.4, 0.5) is 0 Å². The maximum Gasteiger partial charge on any atom is 0.336 e. The summed E-state index contributed by atoms with van der Waals surface area (Å²) in [4.78, 5) is 10.9. The Morgan fingerprint density at radius 3 is 2.56 bits per heavy atom. The fourth-order valence-electron chi connectivity index (χ4n) is 1.51. The standard InChI is InChI=1S/C11H16N2O2.ClH/c12-7-3-6-10(13)8-4-1-2-5-9(8)11(14)15;/h1-2,4-5,10H,3,6-7,12-13H2,(H,14,15);1H/t10-;/m1./s1. The molecule has 1 rings (SSSR count). The van der Waals surface area contributed by atoms with Gasteiger partial charge >= 0.3 is 5.97 Å². The van der Waals surface area contributed by atoms with Crippen molar-refractivity contribution in [2.45, 2.75) is 18.9 Å².